The van der Waals surface area contributed by atoms with Crippen LogP contribution in [0.2, 0.25) is 0 Å². The number of amides is 1. The number of hydrogen-bond donors (Lipinski definition) is 1. The SMILES string of the molecule is COc1cc(-c2nc(Cn3ccnc3)n3ccnc(C)c23)ccc1NC(=O)c1cc2c(OC)cccc2n1C. The molecular formula is C29H27N7O3. The molecule has 2 aromatic carbocycles. The van der Waals surface area contributed by atoms with Gasteiger partial charge in [-0.15, -0.1) is 0 Å². The van der Waals surface area contributed by atoms with Crippen LogP contribution in [0.5, 0.6) is 11.5 Å². The van der Waals surface area contributed by atoms with Gasteiger partial charge in [-0.05, 0) is 37.3 Å². The van der Waals surface area contributed by atoms with Gasteiger partial charge in [-0.2, -0.15) is 0 Å². The number of carbonyl (C=O) groups excluding carboxylic acids is 1. The maximum atomic E-state index is 13.3. The molecular weight excluding hydrogens is 494 g/mol. The molecule has 0 aliphatic heterocycles. The summed E-state index contributed by atoms with van der Waals surface area (Å²) in [7, 11) is 5.06. The fourth-order valence-electron chi connectivity index (χ4n) is 4.97. The van der Waals surface area contributed by atoms with Crippen molar-refractivity contribution in [2.75, 3.05) is 19.5 Å². The van der Waals surface area contributed by atoms with Crippen LogP contribution in [0.1, 0.15) is 22.0 Å². The first-order chi connectivity index (χ1) is 19.0. The number of aromatic nitrogens is 6. The van der Waals surface area contributed by atoms with Crippen LogP contribution >= 0.6 is 0 Å². The average Bonchev–Trinajstić information content (AvgIpc) is 3.68. The van der Waals surface area contributed by atoms with E-state index in [0.29, 0.717) is 29.4 Å². The van der Waals surface area contributed by atoms with E-state index in [0.717, 1.165) is 39.2 Å². The van der Waals surface area contributed by atoms with Crippen LogP contribution in [0.15, 0.2) is 73.6 Å². The van der Waals surface area contributed by atoms with Crippen molar-refractivity contribution in [2.45, 2.75) is 13.5 Å². The number of anilines is 1. The highest BCUT2D eigenvalue weighted by atomic mass is 16.5. The fraction of sp³-hybridized carbons (Fsp3) is 0.172. The highest BCUT2D eigenvalue weighted by Gasteiger charge is 2.20. The molecule has 1 amide bonds. The topological polar surface area (TPSA) is 100 Å². The Hall–Kier alpha value is -5.12. The number of imidazole rings is 2. The van der Waals surface area contributed by atoms with Crippen molar-refractivity contribution in [3.63, 3.8) is 0 Å². The van der Waals surface area contributed by atoms with E-state index in [2.05, 4.69) is 15.3 Å². The third kappa shape index (κ3) is 4.15. The fourth-order valence-corrected chi connectivity index (χ4v) is 4.97. The van der Waals surface area contributed by atoms with Gasteiger partial charge >= 0.3 is 0 Å². The Morgan fingerprint density at radius 3 is 2.64 bits per heavy atom. The maximum absolute atomic E-state index is 13.3. The summed E-state index contributed by atoms with van der Waals surface area (Å²) in [5, 5.41) is 3.88. The zero-order chi connectivity index (χ0) is 27.1. The standard InChI is InChI=1S/C29H27N7O3/c1-18-28-27(33-26(36(28)13-11-31-18)16-35-12-10-30-17-35)19-8-9-21(25(14-19)39-4)32-29(37)23-15-20-22(34(23)2)6-5-7-24(20)38-3/h5-15,17H,16H2,1-4H3,(H,32,37). The predicted molar refractivity (Wildman–Crippen MR) is 148 cm³/mol. The van der Waals surface area contributed by atoms with Crippen LogP contribution in [0, 0.1) is 6.92 Å². The molecule has 0 unspecified atom stereocenters. The van der Waals surface area contributed by atoms with Gasteiger partial charge in [-0.1, -0.05) is 12.1 Å². The van der Waals surface area contributed by atoms with E-state index in [1.54, 1.807) is 32.9 Å². The number of nitrogens with one attached hydrogen (secondary N) is 1. The first-order valence-electron chi connectivity index (χ1n) is 12.4. The number of hydrogen-bond acceptors (Lipinski definition) is 6. The molecule has 196 valence electrons. The lowest BCUT2D eigenvalue weighted by atomic mass is 10.1. The summed E-state index contributed by atoms with van der Waals surface area (Å²) in [5.74, 6) is 1.84. The van der Waals surface area contributed by atoms with E-state index in [9.17, 15) is 4.79 Å². The van der Waals surface area contributed by atoms with Crippen molar-refractivity contribution in [3.8, 4) is 22.8 Å². The molecule has 4 aromatic heterocycles. The Bertz CT molecular complexity index is 1830. The highest BCUT2D eigenvalue weighted by molar-refractivity contribution is 6.08. The van der Waals surface area contributed by atoms with Gasteiger partial charge in [0.2, 0.25) is 0 Å². The average molecular weight is 522 g/mol. The molecule has 0 aliphatic carbocycles. The second-order valence-electron chi connectivity index (χ2n) is 9.19. The third-order valence-corrected chi connectivity index (χ3v) is 6.92. The zero-order valence-electron chi connectivity index (χ0n) is 22.0. The largest absolute Gasteiger partial charge is 0.496 e. The second-order valence-corrected chi connectivity index (χ2v) is 9.19. The molecule has 1 N–H and O–H groups in total. The summed E-state index contributed by atoms with van der Waals surface area (Å²) < 4.78 is 17.0. The monoisotopic (exact) mass is 521 g/mol. The zero-order valence-corrected chi connectivity index (χ0v) is 22.0. The van der Waals surface area contributed by atoms with Gasteiger partial charge in [0.15, 0.2) is 0 Å². The van der Waals surface area contributed by atoms with E-state index in [1.165, 1.54) is 0 Å². The number of ether oxygens (including phenoxy) is 2. The minimum atomic E-state index is -0.253. The van der Waals surface area contributed by atoms with Crippen molar-refractivity contribution in [1.82, 2.24) is 28.5 Å². The lowest BCUT2D eigenvalue weighted by Crippen LogP contribution is -2.16. The molecule has 0 atom stereocenters. The summed E-state index contributed by atoms with van der Waals surface area (Å²) in [6.07, 6.45) is 9.10. The number of carbonyl (C=O) groups is 1. The number of fused-ring (bicyclic) bond motifs is 2. The number of nitrogens with zero attached hydrogens (tertiary/aromatic N) is 6. The normalized spacial score (nSPS) is 11.3. The summed E-state index contributed by atoms with van der Waals surface area (Å²) in [6, 6.07) is 13.2. The summed E-state index contributed by atoms with van der Waals surface area (Å²) in [6.45, 7) is 2.53. The van der Waals surface area contributed by atoms with E-state index < -0.39 is 0 Å². The van der Waals surface area contributed by atoms with Crippen molar-refractivity contribution in [3.05, 3.63) is 90.8 Å². The third-order valence-electron chi connectivity index (χ3n) is 6.92. The summed E-state index contributed by atoms with van der Waals surface area (Å²) >= 11 is 0. The molecule has 0 aliphatic rings. The molecule has 0 radical (unpaired) electrons. The second kappa shape index (κ2) is 9.64. The van der Waals surface area contributed by atoms with Gasteiger partial charge in [0.25, 0.3) is 5.91 Å². The van der Waals surface area contributed by atoms with Gasteiger partial charge in [0.1, 0.15) is 23.0 Å². The van der Waals surface area contributed by atoms with Crippen molar-refractivity contribution < 1.29 is 14.3 Å². The lowest BCUT2D eigenvalue weighted by molar-refractivity contribution is 0.101. The van der Waals surface area contributed by atoms with Gasteiger partial charge in [0.05, 0.1) is 55.2 Å². The minimum Gasteiger partial charge on any atom is -0.496 e. The summed E-state index contributed by atoms with van der Waals surface area (Å²) in [5.41, 5.74) is 5.38. The van der Waals surface area contributed by atoms with Crippen LogP contribution in [0.4, 0.5) is 5.69 Å². The summed E-state index contributed by atoms with van der Waals surface area (Å²) in [4.78, 5) is 27.0. The van der Waals surface area contributed by atoms with Crippen LogP contribution in [0.3, 0.4) is 0 Å². The maximum Gasteiger partial charge on any atom is 0.272 e. The van der Waals surface area contributed by atoms with E-state index in [1.807, 2.05) is 82.4 Å². The first kappa shape index (κ1) is 24.2. The number of aryl methyl sites for hydroxylation is 2. The Morgan fingerprint density at radius 1 is 1.03 bits per heavy atom. The Morgan fingerprint density at radius 2 is 1.87 bits per heavy atom. The molecule has 0 bridgehead atoms. The Labute approximate surface area is 224 Å². The molecule has 0 fully saturated rings. The molecule has 10 heteroatoms. The molecule has 0 saturated heterocycles. The van der Waals surface area contributed by atoms with Crippen LogP contribution in [0.25, 0.3) is 27.7 Å². The molecule has 6 aromatic rings. The number of benzene rings is 2. The Balaban J connectivity index is 1.36. The van der Waals surface area contributed by atoms with Crippen LogP contribution in [-0.2, 0) is 13.6 Å². The van der Waals surface area contributed by atoms with Gasteiger partial charge in [-0.25, -0.2) is 9.97 Å². The van der Waals surface area contributed by atoms with Crippen molar-refractivity contribution in [1.29, 1.82) is 0 Å². The molecule has 4 heterocycles. The minimum absolute atomic E-state index is 0.253. The highest BCUT2D eigenvalue weighted by Crippen LogP contribution is 2.34. The lowest BCUT2D eigenvalue weighted by Gasteiger charge is -2.12. The molecule has 39 heavy (non-hydrogen) atoms. The van der Waals surface area contributed by atoms with E-state index in [4.69, 9.17) is 14.5 Å². The molecule has 0 saturated carbocycles. The van der Waals surface area contributed by atoms with Crippen molar-refractivity contribution in [2.24, 2.45) is 7.05 Å². The van der Waals surface area contributed by atoms with Gasteiger partial charge < -0.3 is 23.9 Å². The first-order valence-corrected chi connectivity index (χ1v) is 12.4. The molecule has 0 spiro atoms. The van der Waals surface area contributed by atoms with Crippen LogP contribution in [-0.4, -0.2) is 48.6 Å². The smallest absolute Gasteiger partial charge is 0.272 e. The predicted octanol–water partition coefficient (Wildman–Crippen LogP) is 4.71. The van der Waals surface area contributed by atoms with Crippen molar-refractivity contribution >= 4 is 28.0 Å². The molecule has 10 nitrogen and oxygen atoms in total. The van der Waals surface area contributed by atoms with Crippen LogP contribution < -0.4 is 14.8 Å². The molecule has 6 rings (SSSR count). The quantitative estimate of drug-likeness (QED) is 0.327. The Kier molecular flexibility index (Phi) is 5.99. The number of methoxy groups -OCH3 is 2. The number of rotatable bonds is 7. The van der Waals surface area contributed by atoms with E-state index in [-0.39, 0.29) is 5.91 Å². The van der Waals surface area contributed by atoms with Gasteiger partial charge in [0, 0.05) is 42.8 Å². The van der Waals surface area contributed by atoms with E-state index >= 15 is 0 Å². The van der Waals surface area contributed by atoms with Gasteiger partial charge in [-0.3, -0.25) is 14.2 Å².